The van der Waals surface area contributed by atoms with Gasteiger partial charge in [0.1, 0.15) is 18.1 Å². The van der Waals surface area contributed by atoms with Crippen molar-refractivity contribution < 1.29 is 28.5 Å². The first kappa shape index (κ1) is 27.1. The number of anilines is 1. The number of rotatable bonds is 9. The molecule has 0 fully saturated rings. The lowest BCUT2D eigenvalue weighted by Gasteiger charge is -2.39. The Morgan fingerprint density at radius 2 is 1.66 bits per heavy atom. The lowest BCUT2D eigenvalue weighted by molar-refractivity contribution is 0.0526. The molecule has 0 amide bonds. The number of carbonyl (C=O) groups excluding carboxylic acids is 1. The molecule has 0 aliphatic carbocycles. The summed E-state index contributed by atoms with van der Waals surface area (Å²) in [7, 11) is 4.88. The van der Waals surface area contributed by atoms with Crippen molar-refractivity contribution in [2.45, 2.75) is 19.4 Å². The Morgan fingerprint density at radius 3 is 2.34 bits per heavy atom. The quantitative estimate of drug-likeness (QED) is 0.291. The van der Waals surface area contributed by atoms with Crippen LogP contribution in [0.2, 0.25) is 0 Å². The molecule has 1 aliphatic rings. The largest absolute Gasteiger partial charge is 0.495 e. The fourth-order valence-corrected chi connectivity index (χ4v) is 4.79. The molecule has 9 heteroatoms. The monoisotopic (exact) mass is 536 g/mol. The SMILES string of the molecule is CCOC(=O)c1ccc(OCC2c3cc(OC)c(OC)cc3CCN2C(=S)Nc2ccccc2OC)cc1. The van der Waals surface area contributed by atoms with Crippen molar-refractivity contribution in [3.05, 3.63) is 77.4 Å². The Hall–Kier alpha value is -3.98. The predicted octanol–water partition coefficient (Wildman–Crippen LogP) is 5.26. The number of fused-ring (bicyclic) bond motifs is 1. The first-order chi connectivity index (χ1) is 18.5. The number of para-hydroxylation sites is 2. The predicted molar refractivity (Wildman–Crippen MR) is 150 cm³/mol. The van der Waals surface area contributed by atoms with Gasteiger partial charge in [0, 0.05) is 6.54 Å². The van der Waals surface area contributed by atoms with Gasteiger partial charge in [-0.25, -0.2) is 4.79 Å². The molecular formula is C29H32N2O6S. The summed E-state index contributed by atoms with van der Waals surface area (Å²) in [5.74, 6) is 2.30. The number of thiocarbonyl (C=S) groups is 1. The number of carbonyl (C=O) groups is 1. The fourth-order valence-electron chi connectivity index (χ4n) is 4.46. The Labute approximate surface area is 228 Å². The van der Waals surface area contributed by atoms with E-state index in [1.54, 1.807) is 52.5 Å². The molecule has 0 radical (unpaired) electrons. The van der Waals surface area contributed by atoms with Crippen LogP contribution in [-0.4, -0.2) is 57.1 Å². The zero-order chi connectivity index (χ0) is 27.1. The van der Waals surface area contributed by atoms with Gasteiger partial charge in [-0.1, -0.05) is 12.1 Å². The molecule has 3 aromatic carbocycles. The number of methoxy groups -OCH3 is 3. The molecule has 0 spiro atoms. The minimum atomic E-state index is -0.361. The van der Waals surface area contributed by atoms with Crippen molar-refractivity contribution in [2.24, 2.45) is 0 Å². The molecule has 1 unspecified atom stereocenters. The molecular weight excluding hydrogens is 504 g/mol. The van der Waals surface area contributed by atoms with Crippen molar-refractivity contribution >= 4 is 29.0 Å². The second-order valence-corrected chi connectivity index (χ2v) is 8.94. The zero-order valence-corrected chi connectivity index (χ0v) is 22.8. The Balaban J connectivity index is 1.61. The molecule has 0 aromatic heterocycles. The minimum absolute atomic E-state index is 0.210. The molecule has 4 rings (SSSR count). The molecule has 38 heavy (non-hydrogen) atoms. The van der Waals surface area contributed by atoms with Crippen LogP contribution in [0, 0.1) is 0 Å². The summed E-state index contributed by atoms with van der Waals surface area (Å²) in [5, 5.41) is 3.90. The van der Waals surface area contributed by atoms with Crippen LogP contribution in [0.5, 0.6) is 23.0 Å². The highest BCUT2D eigenvalue weighted by molar-refractivity contribution is 7.80. The lowest BCUT2D eigenvalue weighted by atomic mass is 9.92. The number of esters is 1. The average Bonchev–Trinajstić information content (AvgIpc) is 2.95. The van der Waals surface area contributed by atoms with E-state index < -0.39 is 0 Å². The highest BCUT2D eigenvalue weighted by Gasteiger charge is 2.32. The first-order valence-electron chi connectivity index (χ1n) is 12.3. The first-order valence-corrected chi connectivity index (χ1v) is 12.7. The van der Waals surface area contributed by atoms with Gasteiger partial charge < -0.3 is 33.9 Å². The summed E-state index contributed by atoms with van der Waals surface area (Å²) in [6, 6.07) is 18.4. The average molecular weight is 537 g/mol. The molecule has 1 N–H and O–H groups in total. The molecule has 200 valence electrons. The maximum atomic E-state index is 12.0. The normalized spacial score (nSPS) is 14.2. The molecule has 1 heterocycles. The van der Waals surface area contributed by atoms with Crippen molar-refractivity contribution in [2.75, 3.05) is 46.4 Å². The van der Waals surface area contributed by atoms with E-state index in [1.807, 2.05) is 36.4 Å². The smallest absolute Gasteiger partial charge is 0.338 e. The highest BCUT2D eigenvalue weighted by Crippen LogP contribution is 2.39. The summed E-state index contributed by atoms with van der Waals surface area (Å²) < 4.78 is 27.9. The topological polar surface area (TPSA) is 78.5 Å². The molecule has 1 atom stereocenters. The van der Waals surface area contributed by atoms with Gasteiger partial charge in [-0.15, -0.1) is 0 Å². The van der Waals surface area contributed by atoms with Gasteiger partial charge in [0.2, 0.25) is 0 Å². The maximum Gasteiger partial charge on any atom is 0.338 e. The highest BCUT2D eigenvalue weighted by atomic mass is 32.1. The van der Waals surface area contributed by atoms with E-state index in [4.69, 9.17) is 35.9 Å². The third-order valence-electron chi connectivity index (χ3n) is 6.39. The second kappa shape index (κ2) is 12.5. The molecule has 8 nitrogen and oxygen atoms in total. The van der Waals surface area contributed by atoms with E-state index >= 15 is 0 Å². The second-order valence-electron chi connectivity index (χ2n) is 8.55. The van der Waals surface area contributed by atoms with Gasteiger partial charge in [-0.2, -0.15) is 0 Å². The van der Waals surface area contributed by atoms with Crippen LogP contribution in [-0.2, 0) is 11.2 Å². The summed E-state index contributed by atoms with van der Waals surface area (Å²) >= 11 is 5.88. The number of hydrogen-bond donors (Lipinski definition) is 1. The van der Waals surface area contributed by atoms with E-state index in [9.17, 15) is 4.79 Å². The number of hydrogen-bond acceptors (Lipinski definition) is 7. The van der Waals surface area contributed by atoms with Crippen molar-refractivity contribution in [3.63, 3.8) is 0 Å². The third kappa shape index (κ3) is 5.94. The van der Waals surface area contributed by atoms with Crippen molar-refractivity contribution in [1.82, 2.24) is 4.90 Å². The summed E-state index contributed by atoms with van der Waals surface area (Å²) in [5.41, 5.74) is 3.45. The van der Waals surface area contributed by atoms with Gasteiger partial charge >= 0.3 is 5.97 Å². The van der Waals surface area contributed by atoms with E-state index in [0.717, 1.165) is 23.2 Å². The molecule has 1 aliphatic heterocycles. The van der Waals surface area contributed by atoms with Crippen LogP contribution >= 0.6 is 12.2 Å². The van der Waals surface area contributed by atoms with E-state index in [0.29, 0.717) is 53.4 Å². The molecule has 0 saturated heterocycles. The maximum absolute atomic E-state index is 12.0. The number of ether oxygens (including phenoxy) is 5. The van der Waals surface area contributed by atoms with E-state index in [1.165, 1.54) is 0 Å². The summed E-state index contributed by atoms with van der Waals surface area (Å²) in [6.07, 6.45) is 0.772. The van der Waals surface area contributed by atoms with Gasteiger partial charge in [-0.05, 0) is 85.2 Å². The van der Waals surface area contributed by atoms with Gasteiger partial charge in [0.25, 0.3) is 0 Å². The standard InChI is InChI=1S/C29H32N2O6S/c1-5-36-28(32)19-10-12-21(13-11-19)37-18-24-22-17-27(35-4)26(34-3)16-20(22)14-15-31(24)29(38)30-23-8-6-7-9-25(23)33-2/h6-13,16-17,24H,5,14-15,18H2,1-4H3,(H,30,38). The number of nitrogens with zero attached hydrogens (tertiary/aromatic N) is 1. The Morgan fingerprint density at radius 1 is 0.974 bits per heavy atom. The van der Waals surface area contributed by atoms with Crippen LogP contribution in [0.15, 0.2) is 60.7 Å². The van der Waals surface area contributed by atoms with Crippen LogP contribution in [0.25, 0.3) is 0 Å². The van der Waals surface area contributed by atoms with E-state index in [2.05, 4.69) is 10.2 Å². The third-order valence-corrected chi connectivity index (χ3v) is 6.72. The van der Waals surface area contributed by atoms with Gasteiger partial charge in [-0.3, -0.25) is 0 Å². The molecule has 0 saturated carbocycles. The fraction of sp³-hybridized carbons (Fsp3) is 0.310. The van der Waals surface area contributed by atoms with Crippen molar-refractivity contribution in [1.29, 1.82) is 0 Å². The minimum Gasteiger partial charge on any atom is -0.495 e. The molecule has 0 bridgehead atoms. The van der Waals surface area contributed by atoms with Crippen LogP contribution in [0.3, 0.4) is 0 Å². The number of benzene rings is 3. The zero-order valence-electron chi connectivity index (χ0n) is 22.0. The lowest BCUT2D eigenvalue weighted by Crippen LogP contribution is -2.44. The number of nitrogens with one attached hydrogen (secondary N) is 1. The Kier molecular flexibility index (Phi) is 8.91. The van der Waals surface area contributed by atoms with Crippen molar-refractivity contribution in [3.8, 4) is 23.0 Å². The van der Waals surface area contributed by atoms with E-state index in [-0.39, 0.29) is 12.0 Å². The van der Waals surface area contributed by atoms with Gasteiger partial charge in [0.15, 0.2) is 16.6 Å². The van der Waals surface area contributed by atoms with Crippen LogP contribution < -0.4 is 24.3 Å². The van der Waals surface area contributed by atoms with Gasteiger partial charge in [0.05, 0.1) is 45.2 Å². The summed E-state index contributed by atoms with van der Waals surface area (Å²) in [4.78, 5) is 14.1. The Bertz CT molecular complexity index is 1280. The van der Waals surface area contributed by atoms with Crippen LogP contribution in [0.4, 0.5) is 5.69 Å². The molecule has 3 aromatic rings. The summed E-state index contributed by atoms with van der Waals surface area (Å²) in [6.45, 7) is 3.10. The van der Waals surface area contributed by atoms with Crippen LogP contribution in [0.1, 0.15) is 34.5 Å².